The summed E-state index contributed by atoms with van der Waals surface area (Å²) >= 11 is 3.90. The second-order valence-electron chi connectivity index (χ2n) is 21.9. The van der Waals surface area contributed by atoms with Gasteiger partial charge in [0.25, 0.3) is 0 Å². The van der Waals surface area contributed by atoms with Gasteiger partial charge in [-0.1, -0.05) is 121 Å². The highest BCUT2D eigenvalue weighted by Crippen LogP contribution is 2.56. The van der Waals surface area contributed by atoms with Crippen LogP contribution in [-0.2, 0) is 16.2 Å². The Hall–Kier alpha value is -6.34. The van der Waals surface area contributed by atoms with Crippen molar-refractivity contribution in [1.29, 1.82) is 0 Å². The van der Waals surface area contributed by atoms with E-state index in [-0.39, 0.29) is 23.1 Å². The summed E-state index contributed by atoms with van der Waals surface area (Å²) in [7, 11) is 0. The van der Waals surface area contributed by atoms with Crippen LogP contribution in [0.4, 0.5) is 11.4 Å². The SMILES string of the molecule is CC(C)(C)c1ccc(N2B3c4cc5c(cc4-n4c6cc7c(cc6c6c8c(sc9ccccc98)c(c3c64)-c3cc4c(cc32)sc2ccccc24)C(C)(C)CCC7(C)C)oc2ccccc25)cc1. The average molecular weight is 887 g/mol. The number of aromatic nitrogens is 1. The first-order valence-electron chi connectivity index (χ1n) is 23.7. The molecule has 0 atom stereocenters. The second kappa shape index (κ2) is 12.4. The van der Waals surface area contributed by atoms with Crippen LogP contribution in [0.25, 0.3) is 101 Å². The molecule has 3 nitrogen and oxygen atoms in total. The highest BCUT2D eigenvalue weighted by Gasteiger charge is 2.47. The first kappa shape index (κ1) is 37.8. The van der Waals surface area contributed by atoms with Gasteiger partial charge in [0.05, 0.1) is 11.0 Å². The number of para-hydroxylation sites is 1. The lowest BCUT2D eigenvalue weighted by Crippen LogP contribution is -2.60. The normalized spacial score (nSPS) is 16.2. The van der Waals surface area contributed by atoms with E-state index in [0.717, 1.165) is 23.0 Å². The van der Waals surface area contributed by atoms with Gasteiger partial charge in [-0.2, -0.15) is 0 Å². The van der Waals surface area contributed by atoms with Gasteiger partial charge in [0, 0.05) is 96.1 Å². The fraction of sp³-hybridized carbons (Fsp3) is 0.200. The molecule has 0 radical (unpaired) electrons. The van der Waals surface area contributed by atoms with Gasteiger partial charge in [0.1, 0.15) is 11.2 Å². The van der Waals surface area contributed by atoms with E-state index in [1.54, 1.807) is 0 Å². The third-order valence-electron chi connectivity index (χ3n) is 16.2. The van der Waals surface area contributed by atoms with Crippen LogP contribution >= 0.6 is 22.7 Å². The van der Waals surface area contributed by atoms with Gasteiger partial charge in [-0.3, -0.25) is 0 Å². The molecule has 6 heteroatoms. The van der Waals surface area contributed by atoms with Crippen molar-refractivity contribution in [3.05, 3.63) is 150 Å². The van der Waals surface area contributed by atoms with Gasteiger partial charge in [-0.15, -0.1) is 22.7 Å². The number of thiophene rings is 2. The van der Waals surface area contributed by atoms with Crippen molar-refractivity contribution in [3.8, 4) is 16.8 Å². The molecule has 0 saturated heterocycles. The van der Waals surface area contributed by atoms with Crippen molar-refractivity contribution in [3.63, 3.8) is 0 Å². The molecular formula is C60H47BN2OS2. The van der Waals surface area contributed by atoms with E-state index in [1.807, 2.05) is 22.7 Å². The maximum absolute atomic E-state index is 6.83. The summed E-state index contributed by atoms with van der Waals surface area (Å²) in [5, 5.41) is 10.5. The standard InChI is InChI=1S/C60H47BN2OS2/c1-58(2,3)32-20-22-33(23-21-32)63-45-31-51-38(35-15-9-12-18-49(35)65-51)26-39(45)54-55-56-52(53-36-16-10-13-19-50(36)66-57(53)54)40-27-41-42(60(6,7)25-24-59(41,4)5)29-44(40)62(56)46-30-48-37(28-43(46)61(55)63)34-14-8-11-17-47(34)64-48/h8-23,26-31H,24-25H2,1-7H3. The molecule has 15 rings (SSSR count). The van der Waals surface area contributed by atoms with Gasteiger partial charge in [-0.25, -0.2) is 0 Å². The van der Waals surface area contributed by atoms with Gasteiger partial charge in [-0.05, 0) is 111 Å². The zero-order chi connectivity index (χ0) is 44.3. The Morgan fingerprint density at radius 2 is 1.26 bits per heavy atom. The maximum Gasteiger partial charge on any atom is 0.333 e. The predicted molar refractivity (Wildman–Crippen MR) is 287 cm³/mol. The largest absolute Gasteiger partial charge is 0.456 e. The first-order chi connectivity index (χ1) is 31.8. The van der Waals surface area contributed by atoms with Gasteiger partial charge >= 0.3 is 6.85 Å². The van der Waals surface area contributed by atoms with Crippen LogP contribution in [0.5, 0.6) is 0 Å². The lowest BCUT2D eigenvalue weighted by molar-refractivity contribution is 0.332. The van der Waals surface area contributed by atoms with E-state index in [9.17, 15) is 0 Å². The van der Waals surface area contributed by atoms with Crippen LogP contribution in [0, 0.1) is 0 Å². The predicted octanol–water partition coefficient (Wildman–Crippen LogP) is 16.3. The molecule has 0 amide bonds. The van der Waals surface area contributed by atoms with E-state index in [1.165, 1.54) is 130 Å². The second-order valence-corrected chi connectivity index (χ2v) is 24.0. The molecule has 6 heterocycles. The quantitative estimate of drug-likeness (QED) is 0.153. The molecule has 8 aromatic carbocycles. The van der Waals surface area contributed by atoms with E-state index >= 15 is 0 Å². The number of hydrogen-bond acceptors (Lipinski definition) is 4. The molecule has 0 saturated carbocycles. The fourth-order valence-electron chi connectivity index (χ4n) is 12.7. The van der Waals surface area contributed by atoms with E-state index in [2.05, 4.69) is 191 Å². The highest BCUT2D eigenvalue weighted by atomic mass is 32.1. The number of hydrogen-bond donors (Lipinski definition) is 0. The smallest absolute Gasteiger partial charge is 0.333 e. The van der Waals surface area contributed by atoms with Crippen molar-refractivity contribution in [2.75, 3.05) is 4.81 Å². The van der Waals surface area contributed by atoms with Crippen LogP contribution < -0.4 is 15.7 Å². The van der Waals surface area contributed by atoms with Crippen molar-refractivity contribution >= 4 is 136 Å². The molecule has 1 aliphatic carbocycles. The Labute approximate surface area is 392 Å². The minimum absolute atomic E-state index is 0.0295. The molecule has 0 bridgehead atoms. The van der Waals surface area contributed by atoms with Gasteiger partial charge in [0.15, 0.2) is 0 Å². The van der Waals surface area contributed by atoms with Crippen LogP contribution in [0.15, 0.2) is 138 Å². The monoisotopic (exact) mass is 886 g/mol. The third kappa shape index (κ3) is 4.74. The molecule has 4 aromatic heterocycles. The van der Waals surface area contributed by atoms with Crippen molar-refractivity contribution in [2.45, 2.75) is 77.6 Å². The van der Waals surface area contributed by atoms with E-state index < -0.39 is 0 Å². The Morgan fingerprint density at radius 1 is 0.576 bits per heavy atom. The molecule has 318 valence electrons. The Bertz CT molecular complexity index is 4170. The molecule has 3 aliphatic rings. The summed E-state index contributed by atoms with van der Waals surface area (Å²) in [5.74, 6) is 0. The third-order valence-corrected chi connectivity index (χ3v) is 18.5. The maximum atomic E-state index is 6.83. The molecule has 66 heavy (non-hydrogen) atoms. The number of furan rings is 1. The molecule has 0 N–H and O–H groups in total. The molecule has 0 fully saturated rings. The molecule has 2 aliphatic heterocycles. The first-order valence-corrected chi connectivity index (χ1v) is 25.3. The summed E-state index contributed by atoms with van der Waals surface area (Å²) in [6.45, 7) is 16.7. The summed E-state index contributed by atoms with van der Waals surface area (Å²) in [4.78, 5) is 2.72. The summed E-state index contributed by atoms with van der Waals surface area (Å²) in [5.41, 5.74) is 18.0. The molecule has 0 spiro atoms. The van der Waals surface area contributed by atoms with Crippen LogP contribution in [0.2, 0.25) is 0 Å². The summed E-state index contributed by atoms with van der Waals surface area (Å²) in [6, 6.07) is 51.6. The summed E-state index contributed by atoms with van der Waals surface area (Å²) < 4.78 is 14.9. The minimum atomic E-state index is -0.121. The van der Waals surface area contributed by atoms with Crippen molar-refractivity contribution in [2.24, 2.45) is 0 Å². The molecule has 12 aromatic rings. The topological polar surface area (TPSA) is 21.3 Å². The zero-order valence-electron chi connectivity index (χ0n) is 38.3. The minimum Gasteiger partial charge on any atom is -0.456 e. The van der Waals surface area contributed by atoms with Crippen molar-refractivity contribution < 1.29 is 4.42 Å². The van der Waals surface area contributed by atoms with Crippen LogP contribution in [-0.4, -0.2) is 11.4 Å². The number of fused-ring (bicyclic) bond motifs is 20. The molecule has 0 unspecified atom stereocenters. The fourth-order valence-corrected chi connectivity index (χ4v) is 15.1. The zero-order valence-corrected chi connectivity index (χ0v) is 39.9. The van der Waals surface area contributed by atoms with Crippen molar-refractivity contribution in [1.82, 2.24) is 4.57 Å². The number of rotatable bonds is 1. The highest BCUT2D eigenvalue weighted by molar-refractivity contribution is 7.27. The van der Waals surface area contributed by atoms with Gasteiger partial charge in [0.2, 0.25) is 0 Å². The Balaban J connectivity index is 1.20. The molecular weight excluding hydrogens is 840 g/mol. The lowest BCUT2D eigenvalue weighted by Gasteiger charge is -2.42. The Morgan fingerprint density at radius 3 is 2.02 bits per heavy atom. The lowest BCUT2D eigenvalue weighted by atomic mass is 9.43. The Kier molecular flexibility index (Phi) is 7.08. The number of benzene rings is 8. The van der Waals surface area contributed by atoms with Crippen LogP contribution in [0.1, 0.15) is 78.0 Å². The average Bonchev–Trinajstić information content (AvgIpc) is 4.07. The van der Waals surface area contributed by atoms with E-state index in [0.29, 0.717) is 0 Å². The van der Waals surface area contributed by atoms with Crippen LogP contribution in [0.3, 0.4) is 0 Å². The van der Waals surface area contributed by atoms with E-state index in [4.69, 9.17) is 4.42 Å². The van der Waals surface area contributed by atoms with Gasteiger partial charge < -0.3 is 13.8 Å². The summed E-state index contributed by atoms with van der Waals surface area (Å²) in [6.07, 6.45) is 2.33. The number of nitrogens with zero attached hydrogens (tertiary/aromatic N) is 2. The number of anilines is 2.